The van der Waals surface area contributed by atoms with Gasteiger partial charge < -0.3 is 10.6 Å². The number of halogens is 2. The first-order valence-electron chi connectivity index (χ1n) is 8.08. The molecule has 0 unspecified atom stereocenters. The maximum absolute atomic E-state index is 12.9. The van der Waals surface area contributed by atoms with Gasteiger partial charge in [0.05, 0.1) is 0 Å². The van der Waals surface area contributed by atoms with Crippen LogP contribution >= 0.6 is 11.6 Å². The molecule has 0 aliphatic carbocycles. The van der Waals surface area contributed by atoms with Crippen molar-refractivity contribution in [3.63, 3.8) is 0 Å². The topological polar surface area (TPSA) is 54.0 Å². The third kappa shape index (κ3) is 4.80. The van der Waals surface area contributed by atoms with Crippen molar-refractivity contribution in [3.05, 3.63) is 94.4 Å². The van der Waals surface area contributed by atoms with Crippen LogP contribution in [-0.4, -0.2) is 10.9 Å². The van der Waals surface area contributed by atoms with E-state index < -0.39 is 0 Å². The summed E-state index contributed by atoms with van der Waals surface area (Å²) in [6.45, 7) is 0.831. The summed E-state index contributed by atoms with van der Waals surface area (Å²) in [6, 6.07) is 16.9. The minimum absolute atomic E-state index is 0.211. The molecule has 0 spiro atoms. The lowest BCUT2D eigenvalue weighted by Crippen LogP contribution is -2.23. The van der Waals surface area contributed by atoms with Crippen LogP contribution in [0.2, 0.25) is 5.02 Å². The van der Waals surface area contributed by atoms with Gasteiger partial charge in [0.1, 0.15) is 11.6 Å². The fourth-order valence-corrected chi connectivity index (χ4v) is 2.59. The lowest BCUT2D eigenvalue weighted by atomic mass is 10.2. The van der Waals surface area contributed by atoms with E-state index in [9.17, 15) is 9.18 Å². The molecule has 0 saturated heterocycles. The van der Waals surface area contributed by atoms with Crippen LogP contribution in [0.3, 0.4) is 0 Å². The summed E-state index contributed by atoms with van der Waals surface area (Å²) in [5.74, 6) is 0.0842. The third-order valence-corrected chi connectivity index (χ3v) is 4.17. The van der Waals surface area contributed by atoms with Gasteiger partial charge in [-0.2, -0.15) is 0 Å². The Hall–Kier alpha value is -2.92. The van der Waals surface area contributed by atoms with E-state index in [4.69, 9.17) is 11.6 Å². The smallest absolute Gasteiger partial charge is 0.251 e. The number of pyridine rings is 1. The van der Waals surface area contributed by atoms with Crippen LogP contribution in [0.5, 0.6) is 0 Å². The highest BCUT2D eigenvalue weighted by Gasteiger charge is 2.08. The summed E-state index contributed by atoms with van der Waals surface area (Å²) in [7, 11) is 0. The Morgan fingerprint density at radius 2 is 1.81 bits per heavy atom. The number of anilines is 1. The largest absolute Gasteiger partial charge is 0.366 e. The molecule has 6 heteroatoms. The lowest BCUT2D eigenvalue weighted by Gasteiger charge is -2.09. The molecule has 1 aromatic heterocycles. The quantitative estimate of drug-likeness (QED) is 0.676. The summed E-state index contributed by atoms with van der Waals surface area (Å²) < 4.78 is 12.9. The van der Waals surface area contributed by atoms with Gasteiger partial charge in [-0.05, 0) is 41.5 Å². The zero-order chi connectivity index (χ0) is 18.4. The lowest BCUT2D eigenvalue weighted by molar-refractivity contribution is 0.0951. The summed E-state index contributed by atoms with van der Waals surface area (Å²) in [4.78, 5) is 16.5. The van der Waals surface area contributed by atoms with Crippen LogP contribution in [-0.2, 0) is 13.1 Å². The number of nitrogens with one attached hydrogen (secondary N) is 2. The predicted octanol–water partition coefficient (Wildman–Crippen LogP) is 4.42. The Morgan fingerprint density at radius 1 is 1.04 bits per heavy atom. The van der Waals surface area contributed by atoms with E-state index in [0.29, 0.717) is 29.5 Å². The van der Waals surface area contributed by atoms with Crippen LogP contribution in [0.1, 0.15) is 21.5 Å². The fourth-order valence-electron chi connectivity index (χ4n) is 2.38. The SMILES string of the molecule is O=C(NCc1ccccc1Cl)c1ccnc(NCc2ccc(F)cc2)c1. The number of rotatable bonds is 6. The van der Waals surface area contributed by atoms with Crippen LogP contribution in [0.25, 0.3) is 0 Å². The fraction of sp³-hybridized carbons (Fsp3) is 0.100. The predicted molar refractivity (Wildman–Crippen MR) is 101 cm³/mol. The highest BCUT2D eigenvalue weighted by Crippen LogP contribution is 2.15. The van der Waals surface area contributed by atoms with E-state index in [1.54, 1.807) is 36.5 Å². The molecule has 0 saturated carbocycles. The Labute approximate surface area is 156 Å². The van der Waals surface area contributed by atoms with Crippen molar-refractivity contribution in [2.24, 2.45) is 0 Å². The van der Waals surface area contributed by atoms with Crippen LogP contribution in [0.15, 0.2) is 66.9 Å². The van der Waals surface area contributed by atoms with Crippen molar-refractivity contribution in [1.29, 1.82) is 0 Å². The molecule has 0 radical (unpaired) electrons. The monoisotopic (exact) mass is 369 g/mol. The van der Waals surface area contributed by atoms with E-state index in [1.807, 2.05) is 18.2 Å². The molecule has 0 atom stereocenters. The molecule has 1 heterocycles. The van der Waals surface area contributed by atoms with Gasteiger partial charge in [0.2, 0.25) is 0 Å². The highest BCUT2D eigenvalue weighted by atomic mass is 35.5. The maximum atomic E-state index is 12.9. The molecule has 3 rings (SSSR count). The summed E-state index contributed by atoms with van der Waals surface area (Å²) in [5.41, 5.74) is 2.27. The number of amides is 1. The standard InChI is InChI=1S/C20H17ClFN3O/c21-18-4-2-1-3-16(18)13-25-20(26)15-9-10-23-19(11-15)24-12-14-5-7-17(22)8-6-14/h1-11H,12-13H2,(H,23,24)(H,25,26). The van der Waals surface area contributed by atoms with Gasteiger partial charge in [-0.1, -0.05) is 41.9 Å². The first-order valence-corrected chi connectivity index (χ1v) is 8.45. The second-order valence-corrected chi connectivity index (χ2v) is 6.09. The molecule has 2 aromatic carbocycles. The van der Waals surface area contributed by atoms with E-state index >= 15 is 0 Å². The van der Waals surface area contributed by atoms with Gasteiger partial charge in [0.15, 0.2) is 0 Å². The van der Waals surface area contributed by atoms with Crippen molar-refractivity contribution in [3.8, 4) is 0 Å². The molecule has 0 fully saturated rings. The number of nitrogens with zero attached hydrogens (tertiary/aromatic N) is 1. The minimum atomic E-state index is -0.274. The number of hydrogen-bond donors (Lipinski definition) is 2. The molecule has 4 nitrogen and oxygen atoms in total. The van der Waals surface area contributed by atoms with Crippen molar-refractivity contribution in [2.75, 3.05) is 5.32 Å². The molecule has 0 aliphatic heterocycles. The average molecular weight is 370 g/mol. The zero-order valence-corrected chi connectivity index (χ0v) is 14.6. The minimum Gasteiger partial charge on any atom is -0.366 e. The number of carbonyl (C=O) groups is 1. The number of aromatic nitrogens is 1. The second kappa shape index (κ2) is 8.45. The van der Waals surface area contributed by atoms with Crippen molar-refractivity contribution in [2.45, 2.75) is 13.1 Å². The number of benzene rings is 2. The van der Waals surface area contributed by atoms with Gasteiger partial charge in [-0.25, -0.2) is 9.37 Å². The van der Waals surface area contributed by atoms with Crippen molar-refractivity contribution < 1.29 is 9.18 Å². The Balaban J connectivity index is 1.60. The summed E-state index contributed by atoms with van der Waals surface area (Å²) in [5, 5.41) is 6.58. The normalized spacial score (nSPS) is 10.4. The zero-order valence-electron chi connectivity index (χ0n) is 13.9. The van der Waals surface area contributed by atoms with Gasteiger partial charge in [0, 0.05) is 29.9 Å². The van der Waals surface area contributed by atoms with Gasteiger partial charge >= 0.3 is 0 Å². The summed E-state index contributed by atoms with van der Waals surface area (Å²) in [6.07, 6.45) is 1.57. The molecule has 1 amide bonds. The van der Waals surface area contributed by atoms with Crippen molar-refractivity contribution in [1.82, 2.24) is 10.3 Å². The first-order chi connectivity index (χ1) is 12.6. The van der Waals surface area contributed by atoms with E-state index in [2.05, 4.69) is 15.6 Å². The van der Waals surface area contributed by atoms with E-state index in [1.165, 1.54) is 12.1 Å². The van der Waals surface area contributed by atoms with Crippen LogP contribution in [0.4, 0.5) is 10.2 Å². The van der Waals surface area contributed by atoms with Gasteiger partial charge in [-0.15, -0.1) is 0 Å². The molecule has 132 valence electrons. The second-order valence-electron chi connectivity index (χ2n) is 5.68. The highest BCUT2D eigenvalue weighted by molar-refractivity contribution is 6.31. The number of hydrogen-bond acceptors (Lipinski definition) is 3. The average Bonchev–Trinajstić information content (AvgIpc) is 2.67. The molecule has 2 N–H and O–H groups in total. The van der Waals surface area contributed by atoms with E-state index in [-0.39, 0.29) is 11.7 Å². The third-order valence-electron chi connectivity index (χ3n) is 3.81. The number of carbonyl (C=O) groups excluding carboxylic acids is 1. The van der Waals surface area contributed by atoms with Gasteiger partial charge in [-0.3, -0.25) is 4.79 Å². The molecular formula is C20H17ClFN3O. The Morgan fingerprint density at radius 3 is 2.58 bits per heavy atom. The maximum Gasteiger partial charge on any atom is 0.251 e. The molecule has 0 bridgehead atoms. The van der Waals surface area contributed by atoms with E-state index in [0.717, 1.165) is 11.1 Å². The Bertz CT molecular complexity index is 900. The van der Waals surface area contributed by atoms with Gasteiger partial charge in [0.25, 0.3) is 5.91 Å². The van der Waals surface area contributed by atoms with Crippen molar-refractivity contribution >= 4 is 23.3 Å². The molecular weight excluding hydrogens is 353 g/mol. The molecule has 3 aromatic rings. The molecule has 26 heavy (non-hydrogen) atoms. The first kappa shape index (κ1) is 17.9. The van der Waals surface area contributed by atoms with Crippen LogP contribution in [0, 0.1) is 5.82 Å². The Kier molecular flexibility index (Phi) is 5.81. The van der Waals surface area contributed by atoms with Crippen LogP contribution < -0.4 is 10.6 Å². The summed E-state index contributed by atoms with van der Waals surface area (Å²) >= 11 is 6.09. The molecule has 0 aliphatic rings.